The molecule has 0 unspecified atom stereocenters. The van der Waals surface area contributed by atoms with Crippen molar-refractivity contribution in [3.05, 3.63) is 122 Å². The van der Waals surface area contributed by atoms with Gasteiger partial charge in [-0.2, -0.15) is 0 Å². The summed E-state index contributed by atoms with van der Waals surface area (Å²) in [5, 5.41) is 3.15. The third-order valence-electron chi connectivity index (χ3n) is 6.34. The van der Waals surface area contributed by atoms with Crippen molar-refractivity contribution < 1.29 is 13.5 Å². The number of rotatable bonds is 8. The van der Waals surface area contributed by atoms with Gasteiger partial charge in [0.25, 0.3) is 5.56 Å². The van der Waals surface area contributed by atoms with Crippen molar-refractivity contribution in [3.63, 3.8) is 0 Å². The first-order chi connectivity index (χ1) is 17.3. The van der Waals surface area contributed by atoms with Crippen LogP contribution in [-0.2, 0) is 13.1 Å². The van der Waals surface area contributed by atoms with Gasteiger partial charge in [-0.05, 0) is 49.4 Å². The van der Waals surface area contributed by atoms with Gasteiger partial charge < -0.3 is 10.1 Å². The molecule has 4 rings (SSSR count). The Hall–Kier alpha value is -3.75. The fourth-order valence-corrected chi connectivity index (χ4v) is 4.33. The molecule has 0 amide bonds. The molecule has 194 valence electrons. The van der Waals surface area contributed by atoms with E-state index in [0.717, 1.165) is 22.3 Å². The summed E-state index contributed by atoms with van der Waals surface area (Å²) in [6, 6.07) is 19.5. The smallest absolute Gasteiger partial charge is 0.331 e. The normalized spacial score (nSPS) is 11.6. The van der Waals surface area contributed by atoms with Crippen LogP contribution in [0.4, 0.5) is 8.78 Å². The van der Waals surface area contributed by atoms with E-state index in [1.54, 1.807) is 38.2 Å². The highest BCUT2D eigenvalue weighted by Gasteiger charge is 2.22. The highest BCUT2D eigenvalue weighted by Crippen LogP contribution is 2.25. The standard InChI is InChI=1S/C28H27F2N3O3.ClH/c1-18-26(20-11-7-12-21(15-20)36-3)27(34)33(17-25(31-2)19-9-5-4-6-10-19)28(35)32(18)16-22-23(29)13-8-14-24(22)30;/h4-15,25,31H,16-17H2,1-3H3;1H/t25-;/m0./s1. The average molecular weight is 528 g/mol. The van der Waals surface area contributed by atoms with Crippen LogP contribution < -0.4 is 21.3 Å². The van der Waals surface area contributed by atoms with Crippen LogP contribution in [0.25, 0.3) is 11.1 Å². The number of hydrogen-bond donors (Lipinski definition) is 1. The lowest BCUT2D eigenvalue weighted by molar-refractivity contribution is 0.415. The van der Waals surface area contributed by atoms with Crippen LogP contribution in [-0.4, -0.2) is 23.3 Å². The molecule has 0 fully saturated rings. The first-order valence-electron chi connectivity index (χ1n) is 11.5. The van der Waals surface area contributed by atoms with Crippen LogP contribution in [0, 0.1) is 18.6 Å². The maximum Gasteiger partial charge on any atom is 0.331 e. The largest absolute Gasteiger partial charge is 0.497 e. The monoisotopic (exact) mass is 527 g/mol. The van der Waals surface area contributed by atoms with Gasteiger partial charge in [-0.25, -0.2) is 13.6 Å². The number of benzene rings is 3. The van der Waals surface area contributed by atoms with Crippen molar-refractivity contribution in [2.45, 2.75) is 26.1 Å². The summed E-state index contributed by atoms with van der Waals surface area (Å²) < 4.78 is 36.8. The summed E-state index contributed by atoms with van der Waals surface area (Å²) >= 11 is 0. The Morgan fingerprint density at radius 2 is 1.57 bits per heavy atom. The van der Waals surface area contributed by atoms with Crippen molar-refractivity contribution in [2.75, 3.05) is 14.2 Å². The molecule has 4 aromatic rings. The Bertz CT molecular complexity index is 1480. The summed E-state index contributed by atoms with van der Waals surface area (Å²) in [4.78, 5) is 27.4. The number of methoxy groups -OCH3 is 1. The molecule has 37 heavy (non-hydrogen) atoms. The molecule has 1 aromatic heterocycles. The van der Waals surface area contributed by atoms with E-state index in [-0.39, 0.29) is 42.7 Å². The van der Waals surface area contributed by atoms with Crippen LogP contribution in [0.3, 0.4) is 0 Å². The van der Waals surface area contributed by atoms with Gasteiger partial charge in [0.1, 0.15) is 17.4 Å². The first kappa shape index (κ1) is 27.8. The van der Waals surface area contributed by atoms with Crippen molar-refractivity contribution in [1.29, 1.82) is 0 Å². The van der Waals surface area contributed by atoms with Gasteiger partial charge in [0.2, 0.25) is 0 Å². The van der Waals surface area contributed by atoms with Crippen molar-refractivity contribution >= 4 is 12.4 Å². The summed E-state index contributed by atoms with van der Waals surface area (Å²) in [7, 11) is 3.26. The zero-order valence-electron chi connectivity index (χ0n) is 20.7. The fraction of sp³-hybridized carbons (Fsp3) is 0.214. The van der Waals surface area contributed by atoms with Gasteiger partial charge >= 0.3 is 5.69 Å². The summed E-state index contributed by atoms with van der Waals surface area (Å²) in [5.74, 6) is -0.994. The first-order valence-corrected chi connectivity index (χ1v) is 11.5. The van der Waals surface area contributed by atoms with Crippen LogP contribution in [0.15, 0.2) is 82.4 Å². The van der Waals surface area contributed by atoms with Crippen LogP contribution >= 0.6 is 12.4 Å². The molecule has 0 bridgehead atoms. The zero-order valence-corrected chi connectivity index (χ0v) is 21.5. The molecular formula is C28H28ClF2N3O3. The Balaban J connectivity index is 0.00000380. The van der Waals surface area contributed by atoms with E-state index in [4.69, 9.17) is 4.74 Å². The molecule has 1 N–H and O–H groups in total. The molecule has 1 heterocycles. The van der Waals surface area contributed by atoms with Crippen LogP contribution in [0.5, 0.6) is 5.75 Å². The Morgan fingerprint density at radius 1 is 0.919 bits per heavy atom. The molecule has 3 aromatic carbocycles. The minimum Gasteiger partial charge on any atom is -0.497 e. The van der Waals surface area contributed by atoms with E-state index in [1.807, 2.05) is 30.3 Å². The van der Waals surface area contributed by atoms with Gasteiger partial charge in [-0.1, -0.05) is 48.5 Å². The lowest BCUT2D eigenvalue weighted by Crippen LogP contribution is -2.44. The minimum atomic E-state index is -0.764. The highest BCUT2D eigenvalue weighted by molar-refractivity contribution is 5.85. The van der Waals surface area contributed by atoms with E-state index in [1.165, 1.54) is 17.7 Å². The summed E-state index contributed by atoms with van der Waals surface area (Å²) in [6.07, 6.45) is 0. The molecule has 0 radical (unpaired) electrons. The van der Waals surface area contributed by atoms with Crippen LogP contribution in [0.1, 0.15) is 22.9 Å². The van der Waals surface area contributed by atoms with Gasteiger partial charge in [0.05, 0.1) is 31.8 Å². The molecule has 0 saturated heterocycles. The molecule has 0 aliphatic heterocycles. The zero-order chi connectivity index (χ0) is 25.8. The van der Waals surface area contributed by atoms with Gasteiger partial charge in [0, 0.05) is 11.3 Å². The third-order valence-corrected chi connectivity index (χ3v) is 6.34. The second-order valence-electron chi connectivity index (χ2n) is 8.43. The maximum atomic E-state index is 14.5. The third kappa shape index (κ3) is 5.65. The number of likely N-dealkylation sites (N-methyl/N-ethyl adjacent to an activating group) is 1. The quantitative estimate of drug-likeness (QED) is 0.361. The van der Waals surface area contributed by atoms with E-state index in [2.05, 4.69) is 5.32 Å². The van der Waals surface area contributed by atoms with E-state index < -0.39 is 22.9 Å². The molecular weight excluding hydrogens is 500 g/mol. The van der Waals surface area contributed by atoms with Gasteiger partial charge in [-0.15, -0.1) is 12.4 Å². The number of nitrogens with zero attached hydrogens (tertiary/aromatic N) is 2. The minimum absolute atomic E-state index is 0. The maximum absolute atomic E-state index is 14.5. The Labute approximate surface area is 219 Å². The second kappa shape index (κ2) is 12.0. The lowest BCUT2D eigenvalue weighted by Gasteiger charge is -2.22. The van der Waals surface area contributed by atoms with E-state index in [0.29, 0.717) is 17.0 Å². The average Bonchev–Trinajstić information content (AvgIpc) is 2.89. The fourth-order valence-electron chi connectivity index (χ4n) is 4.33. The molecule has 9 heteroatoms. The summed E-state index contributed by atoms with van der Waals surface area (Å²) in [6.45, 7) is 1.26. The summed E-state index contributed by atoms with van der Waals surface area (Å²) in [5.41, 5.74) is 0.592. The highest BCUT2D eigenvalue weighted by atomic mass is 35.5. The molecule has 0 aliphatic carbocycles. The van der Waals surface area contributed by atoms with E-state index >= 15 is 0 Å². The molecule has 1 atom stereocenters. The Morgan fingerprint density at radius 3 is 2.19 bits per heavy atom. The number of hydrogen-bond acceptors (Lipinski definition) is 4. The Kier molecular flexibility index (Phi) is 9.02. The van der Waals surface area contributed by atoms with Gasteiger partial charge in [0.15, 0.2) is 0 Å². The van der Waals surface area contributed by atoms with Crippen molar-refractivity contribution in [1.82, 2.24) is 14.5 Å². The van der Waals surface area contributed by atoms with E-state index in [9.17, 15) is 18.4 Å². The topological polar surface area (TPSA) is 65.3 Å². The van der Waals surface area contributed by atoms with Gasteiger partial charge in [-0.3, -0.25) is 13.9 Å². The SMILES string of the molecule is CN[C@@H](Cn1c(=O)c(-c2cccc(OC)c2)c(C)n(Cc2c(F)cccc2F)c1=O)c1ccccc1.Cl. The number of ether oxygens (including phenoxy) is 1. The lowest BCUT2D eigenvalue weighted by atomic mass is 10.0. The van der Waals surface area contributed by atoms with Crippen molar-refractivity contribution in [2.24, 2.45) is 0 Å². The second-order valence-corrected chi connectivity index (χ2v) is 8.43. The predicted octanol–water partition coefficient (Wildman–Crippen LogP) is 4.70. The predicted molar refractivity (Wildman–Crippen MR) is 143 cm³/mol. The molecule has 0 spiro atoms. The number of nitrogens with one attached hydrogen (secondary N) is 1. The number of aromatic nitrogens is 2. The van der Waals surface area contributed by atoms with Crippen LogP contribution in [0.2, 0.25) is 0 Å². The number of halogens is 3. The molecule has 0 saturated carbocycles. The molecule has 6 nitrogen and oxygen atoms in total. The van der Waals surface area contributed by atoms with Crippen molar-refractivity contribution in [3.8, 4) is 16.9 Å². The molecule has 0 aliphatic rings.